The van der Waals surface area contributed by atoms with E-state index in [-0.39, 0.29) is 50.3 Å². The Morgan fingerprint density at radius 2 is 0.875 bits per heavy atom. The average molecular weight is 687 g/mol. The van der Waals surface area contributed by atoms with Gasteiger partial charge in [0.2, 0.25) is 17.7 Å². The first-order chi connectivity index (χ1) is 22.9. The third kappa shape index (κ3) is 23.0. The van der Waals surface area contributed by atoms with Gasteiger partial charge in [-0.1, -0.05) is 19.8 Å². The minimum Gasteiger partial charge on any atom is -0.480 e. The van der Waals surface area contributed by atoms with Crippen LogP contribution >= 0.6 is 0 Å². The molecule has 0 saturated carbocycles. The number of nitrogens with one attached hydrogen (secondary N) is 3. The number of hydrogen-bond donors (Lipinski definition) is 6. The number of carboxylic acid groups (broad SMARTS) is 3. The molecule has 6 N–H and O–H groups in total. The van der Waals surface area contributed by atoms with E-state index >= 15 is 0 Å². The van der Waals surface area contributed by atoms with Crippen LogP contribution in [0, 0.1) is 0 Å². The van der Waals surface area contributed by atoms with Crippen LogP contribution in [0.4, 0.5) is 0 Å². The van der Waals surface area contributed by atoms with E-state index in [4.69, 9.17) is 0 Å². The molecule has 0 unspecified atom stereocenters. The Labute approximate surface area is 283 Å². The van der Waals surface area contributed by atoms with Crippen LogP contribution in [0.5, 0.6) is 0 Å². The summed E-state index contributed by atoms with van der Waals surface area (Å²) in [5, 5.41) is 36.7. The SMILES string of the molecule is CCCCCNC(=O)CCCC(=O)NCCN(C)CCNC(=O)CN1CCN(CC(=O)O)CCN(CC(=O)O)CCN(CC(=O)O)CC1. The maximum Gasteiger partial charge on any atom is 0.317 e. The highest BCUT2D eigenvalue weighted by Crippen LogP contribution is 2.02. The molecule has 1 aliphatic rings. The van der Waals surface area contributed by atoms with Gasteiger partial charge in [-0.3, -0.25) is 48.4 Å². The van der Waals surface area contributed by atoms with Crippen LogP contribution in [-0.4, -0.2) is 194 Å². The summed E-state index contributed by atoms with van der Waals surface area (Å²) < 4.78 is 0. The smallest absolute Gasteiger partial charge is 0.317 e. The number of carbonyl (C=O) groups is 6. The third-order valence-corrected chi connectivity index (χ3v) is 7.92. The van der Waals surface area contributed by atoms with Crippen molar-refractivity contribution < 1.29 is 44.1 Å². The summed E-state index contributed by atoms with van der Waals surface area (Å²) in [6, 6.07) is 0. The molecule has 0 aromatic carbocycles. The van der Waals surface area contributed by atoms with Crippen molar-refractivity contribution in [3.05, 3.63) is 0 Å². The van der Waals surface area contributed by atoms with Crippen LogP contribution in [0.2, 0.25) is 0 Å². The molecule has 48 heavy (non-hydrogen) atoms. The number of carbonyl (C=O) groups excluding carboxylic acids is 3. The van der Waals surface area contributed by atoms with Gasteiger partial charge in [-0.25, -0.2) is 0 Å². The first kappa shape index (κ1) is 42.6. The zero-order valence-electron chi connectivity index (χ0n) is 28.8. The van der Waals surface area contributed by atoms with E-state index in [2.05, 4.69) is 22.9 Å². The van der Waals surface area contributed by atoms with Crippen molar-refractivity contribution in [1.29, 1.82) is 0 Å². The Bertz CT molecular complexity index is 971. The Hall–Kier alpha value is -3.38. The van der Waals surface area contributed by atoms with Gasteiger partial charge in [0.1, 0.15) is 0 Å². The van der Waals surface area contributed by atoms with Crippen molar-refractivity contribution in [1.82, 2.24) is 40.4 Å². The van der Waals surface area contributed by atoms with E-state index < -0.39 is 17.9 Å². The van der Waals surface area contributed by atoms with Crippen molar-refractivity contribution in [2.24, 2.45) is 0 Å². The molecule has 0 aromatic rings. The van der Waals surface area contributed by atoms with Gasteiger partial charge in [0.25, 0.3) is 0 Å². The minimum absolute atomic E-state index is 0.0322. The minimum atomic E-state index is -1.02. The topological polar surface area (TPSA) is 215 Å². The Kier molecular flexibility index (Phi) is 22.8. The summed E-state index contributed by atoms with van der Waals surface area (Å²) in [6.07, 6.45) is 4.23. The lowest BCUT2D eigenvalue weighted by molar-refractivity contribution is -0.140. The summed E-state index contributed by atoms with van der Waals surface area (Å²) in [7, 11) is 1.88. The predicted molar refractivity (Wildman–Crippen MR) is 179 cm³/mol. The fourth-order valence-corrected chi connectivity index (χ4v) is 5.12. The van der Waals surface area contributed by atoms with Crippen molar-refractivity contribution in [3.63, 3.8) is 0 Å². The van der Waals surface area contributed by atoms with E-state index in [0.29, 0.717) is 97.9 Å². The highest BCUT2D eigenvalue weighted by atomic mass is 16.4. The zero-order chi connectivity index (χ0) is 35.7. The van der Waals surface area contributed by atoms with Crippen LogP contribution < -0.4 is 16.0 Å². The lowest BCUT2D eigenvalue weighted by Gasteiger charge is -2.32. The lowest BCUT2D eigenvalue weighted by atomic mass is 10.2. The fourth-order valence-electron chi connectivity index (χ4n) is 5.12. The standard InChI is InChI=1S/C31H58N8O9/c1-3-4-5-9-32-26(40)7-6-8-27(41)33-10-12-35(2)13-11-34-28(42)22-36-14-16-37(23-29(43)44)18-20-39(25-31(47)48)21-19-38(17-15-36)24-30(45)46/h3-25H2,1-2H3,(H,32,40)(H,33,41)(H,34,42)(H,43,44)(H,45,46)(H,47,48). The van der Waals surface area contributed by atoms with Gasteiger partial charge in [-0.15, -0.1) is 0 Å². The maximum atomic E-state index is 12.8. The molecule has 0 bridgehead atoms. The molecule has 0 radical (unpaired) electrons. The van der Waals surface area contributed by atoms with Gasteiger partial charge in [-0.05, 0) is 19.9 Å². The van der Waals surface area contributed by atoms with Gasteiger partial charge in [0.05, 0.1) is 26.2 Å². The first-order valence-electron chi connectivity index (χ1n) is 16.9. The number of nitrogens with zero attached hydrogens (tertiary/aromatic N) is 5. The molecule has 0 spiro atoms. The monoisotopic (exact) mass is 686 g/mol. The number of aliphatic carboxylic acids is 3. The Morgan fingerprint density at radius 3 is 1.25 bits per heavy atom. The number of likely N-dealkylation sites (N-methyl/N-ethyl adjacent to an activating group) is 1. The molecule has 1 rings (SSSR count). The maximum absolute atomic E-state index is 12.8. The highest BCUT2D eigenvalue weighted by Gasteiger charge is 2.21. The van der Waals surface area contributed by atoms with Crippen LogP contribution in [0.3, 0.4) is 0 Å². The second-order valence-electron chi connectivity index (χ2n) is 12.2. The highest BCUT2D eigenvalue weighted by molar-refractivity contribution is 5.79. The Morgan fingerprint density at radius 1 is 0.521 bits per heavy atom. The summed E-state index contributed by atoms with van der Waals surface area (Å²) in [4.78, 5) is 80.0. The van der Waals surface area contributed by atoms with Crippen LogP contribution in [0.1, 0.15) is 45.4 Å². The van der Waals surface area contributed by atoms with E-state index in [1.165, 1.54) is 0 Å². The molecule has 17 nitrogen and oxygen atoms in total. The molecule has 0 aromatic heterocycles. The number of unbranched alkanes of at least 4 members (excludes halogenated alkanes) is 2. The molecule has 0 atom stereocenters. The van der Waals surface area contributed by atoms with E-state index in [9.17, 15) is 44.1 Å². The number of hydrogen-bond acceptors (Lipinski definition) is 11. The number of amides is 3. The average Bonchev–Trinajstić information content (AvgIpc) is 3.00. The van der Waals surface area contributed by atoms with Crippen molar-refractivity contribution in [2.45, 2.75) is 45.4 Å². The summed E-state index contributed by atoms with van der Waals surface area (Å²) in [5.41, 5.74) is 0. The third-order valence-electron chi connectivity index (χ3n) is 7.92. The first-order valence-corrected chi connectivity index (χ1v) is 16.9. The predicted octanol–water partition coefficient (Wildman–Crippen LogP) is -1.90. The summed E-state index contributed by atoms with van der Waals surface area (Å²) >= 11 is 0. The molecule has 1 heterocycles. The summed E-state index contributed by atoms with van der Waals surface area (Å²) in [5.74, 6) is -3.40. The number of carboxylic acids is 3. The normalized spacial score (nSPS) is 16.1. The zero-order valence-corrected chi connectivity index (χ0v) is 28.8. The van der Waals surface area contributed by atoms with E-state index in [1.54, 1.807) is 14.7 Å². The second kappa shape index (κ2) is 25.6. The molecular formula is C31H58N8O9. The number of rotatable bonds is 22. The van der Waals surface area contributed by atoms with Crippen LogP contribution in [0.25, 0.3) is 0 Å². The molecule has 3 amide bonds. The van der Waals surface area contributed by atoms with Gasteiger partial charge in [0, 0.05) is 97.9 Å². The van der Waals surface area contributed by atoms with Crippen molar-refractivity contribution in [2.75, 3.05) is 118 Å². The Balaban J connectivity index is 2.50. The molecule has 1 aliphatic heterocycles. The largest absolute Gasteiger partial charge is 0.480 e. The lowest BCUT2D eigenvalue weighted by Crippen LogP contribution is -2.50. The van der Waals surface area contributed by atoms with E-state index in [1.807, 2.05) is 16.8 Å². The van der Waals surface area contributed by atoms with Crippen LogP contribution in [0.15, 0.2) is 0 Å². The van der Waals surface area contributed by atoms with Crippen LogP contribution in [-0.2, 0) is 28.8 Å². The quantitative estimate of drug-likeness (QED) is 0.0687. The molecule has 1 fully saturated rings. The molecule has 1 saturated heterocycles. The molecule has 276 valence electrons. The van der Waals surface area contributed by atoms with Crippen molar-refractivity contribution in [3.8, 4) is 0 Å². The van der Waals surface area contributed by atoms with Gasteiger partial charge >= 0.3 is 17.9 Å². The van der Waals surface area contributed by atoms with Gasteiger partial charge in [0.15, 0.2) is 0 Å². The van der Waals surface area contributed by atoms with E-state index in [0.717, 1.165) is 19.3 Å². The van der Waals surface area contributed by atoms with Crippen molar-refractivity contribution >= 4 is 35.6 Å². The molecular weight excluding hydrogens is 628 g/mol. The van der Waals surface area contributed by atoms with Gasteiger partial charge in [-0.2, -0.15) is 0 Å². The second-order valence-corrected chi connectivity index (χ2v) is 12.2. The summed E-state index contributed by atoms with van der Waals surface area (Å²) in [6.45, 7) is 6.68. The molecule has 0 aliphatic carbocycles. The molecule has 17 heteroatoms. The van der Waals surface area contributed by atoms with Gasteiger partial charge < -0.3 is 36.2 Å². The fraction of sp³-hybridized carbons (Fsp3) is 0.806.